The van der Waals surface area contributed by atoms with Crippen LogP contribution in [-0.2, 0) is 17.7 Å². The van der Waals surface area contributed by atoms with Crippen molar-refractivity contribution >= 4 is 16.9 Å². The molecule has 0 bridgehead atoms. The number of carbonyl (C=O) groups is 1. The first kappa shape index (κ1) is 17.1. The Morgan fingerprint density at radius 1 is 1.07 bits per heavy atom. The SMILES string of the molecule is O=C1O[C@@H]2CN(Cc3cccc4cnccc34)C[C@@H]2N1CCc1ccccn1. The van der Waals surface area contributed by atoms with E-state index < -0.39 is 0 Å². The van der Waals surface area contributed by atoms with Crippen molar-refractivity contribution in [2.24, 2.45) is 0 Å². The van der Waals surface area contributed by atoms with Crippen LogP contribution >= 0.6 is 0 Å². The molecule has 0 unspecified atom stereocenters. The Morgan fingerprint density at radius 3 is 2.93 bits per heavy atom. The summed E-state index contributed by atoms with van der Waals surface area (Å²) in [5, 5.41) is 2.39. The van der Waals surface area contributed by atoms with E-state index in [-0.39, 0.29) is 18.2 Å². The van der Waals surface area contributed by atoms with Gasteiger partial charge in [-0.1, -0.05) is 24.3 Å². The first-order valence-electron chi connectivity index (χ1n) is 9.69. The number of nitrogens with zero attached hydrogens (tertiary/aromatic N) is 4. The highest BCUT2D eigenvalue weighted by molar-refractivity contribution is 5.84. The molecule has 3 aromatic rings. The van der Waals surface area contributed by atoms with Crippen LogP contribution in [0.15, 0.2) is 61.1 Å². The van der Waals surface area contributed by atoms with Crippen LogP contribution < -0.4 is 0 Å². The number of carbonyl (C=O) groups excluding carboxylic acids is 1. The van der Waals surface area contributed by atoms with Crippen molar-refractivity contribution in [2.75, 3.05) is 19.6 Å². The molecule has 0 radical (unpaired) electrons. The molecule has 0 aliphatic carbocycles. The number of likely N-dealkylation sites (tertiary alicyclic amines) is 1. The lowest BCUT2D eigenvalue weighted by molar-refractivity contribution is 0.120. The quantitative estimate of drug-likeness (QED) is 0.687. The number of pyridine rings is 2. The van der Waals surface area contributed by atoms with Gasteiger partial charge in [0.2, 0.25) is 0 Å². The molecular weight excluding hydrogens is 352 g/mol. The zero-order valence-corrected chi connectivity index (χ0v) is 15.6. The summed E-state index contributed by atoms with van der Waals surface area (Å²) in [6, 6.07) is 14.4. The summed E-state index contributed by atoms with van der Waals surface area (Å²) in [7, 11) is 0. The monoisotopic (exact) mass is 374 g/mol. The van der Waals surface area contributed by atoms with Crippen LogP contribution in [0, 0.1) is 0 Å². The van der Waals surface area contributed by atoms with E-state index in [9.17, 15) is 4.79 Å². The number of hydrogen-bond acceptors (Lipinski definition) is 5. The molecule has 2 aliphatic heterocycles. The molecule has 1 amide bonds. The molecule has 2 atom stereocenters. The first-order chi connectivity index (χ1) is 13.8. The maximum absolute atomic E-state index is 12.3. The van der Waals surface area contributed by atoms with Gasteiger partial charge in [0.25, 0.3) is 0 Å². The van der Waals surface area contributed by atoms with Gasteiger partial charge in [0, 0.05) is 62.3 Å². The van der Waals surface area contributed by atoms with Gasteiger partial charge < -0.3 is 4.74 Å². The standard InChI is InChI=1S/C22H22N4O2/c27-22-26(11-8-18-6-1-2-9-24-18)20-14-25(15-21(20)28-22)13-17-5-3-4-16-12-23-10-7-19(16)17/h1-7,9-10,12,20-21H,8,11,13-15H2/t20-,21+/m0/s1. The second-order valence-corrected chi connectivity index (χ2v) is 7.46. The Bertz CT molecular complexity index is 989. The van der Waals surface area contributed by atoms with Gasteiger partial charge in [-0.05, 0) is 29.1 Å². The van der Waals surface area contributed by atoms with Gasteiger partial charge in [-0.2, -0.15) is 0 Å². The van der Waals surface area contributed by atoms with Gasteiger partial charge >= 0.3 is 6.09 Å². The molecule has 6 nitrogen and oxygen atoms in total. The summed E-state index contributed by atoms with van der Waals surface area (Å²) < 4.78 is 5.66. The van der Waals surface area contributed by atoms with Crippen molar-refractivity contribution in [3.05, 3.63) is 72.3 Å². The van der Waals surface area contributed by atoms with Gasteiger partial charge in [-0.15, -0.1) is 0 Å². The largest absolute Gasteiger partial charge is 0.442 e. The summed E-state index contributed by atoms with van der Waals surface area (Å²) in [5.74, 6) is 0. The maximum atomic E-state index is 12.3. The van der Waals surface area contributed by atoms with E-state index in [4.69, 9.17) is 4.74 Å². The number of amides is 1. The number of hydrogen-bond donors (Lipinski definition) is 0. The number of rotatable bonds is 5. The van der Waals surface area contributed by atoms with Crippen molar-refractivity contribution in [3.63, 3.8) is 0 Å². The molecule has 0 N–H and O–H groups in total. The Labute approximate surface area is 163 Å². The van der Waals surface area contributed by atoms with E-state index in [1.54, 1.807) is 6.20 Å². The summed E-state index contributed by atoms with van der Waals surface area (Å²) >= 11 is 0. The second kappa shape index (κ2) is 7.20. The van der Waals surface area contributed by atoms with Crippen molar-refractivity contribution in [1.29, 1.82) is 0 Å². The minimum atomic E-state index is -0.193. The fourth-order valence-electron chi connectivity index (χ4n) is 4.32. The van der Waals surface area contributed by atoms with Crippen LogP contribution in [0.1, 0.15) is 11.3 Å². The number of fused-ring (bicyclic) bond motifs is 2. The molecule has 4 heterocycles. The second-order valence-electron chi connectivity index (χ2n) is 7.46. The number of ether oxygens (including phenoxy) is 1. The number of benzene rings is 1. The highest BCUT2D eigenvalue weighted by Crippen LogP contribution is 2.29. The highest BCUT2D eigenvalue weighted by Gasteiger charge is 2.47. The van der Waals surface area contributed by atoms with Gasteiger partial charge in [-0.3, -0.25) is 19.8 Å². The van der Waals surface area contributed by atoms with Crippen LogP contribution in [0.4, 0.5) is 4.79 Å². The lowest BCUT2D eigenvalue weighted by Gasteiger charge is -2.22. The van der Waals surface area contributed by atoms with E-state index in [1.807, 2.05) is 35.5 Å². The normalized spacial score (nSPS) is 21.9. The van der Waals surface area contributed by atoms with Gasteiger partial charge in [0.15, 0.2) is 0 Å². The smallest absolute Gasteiger partial charge is 0.410 e. The average Bonchev–Trinajstić information content (AvgIpc) is 3.23. The molecule has 5 rings (SSSR count). The van der Waals surface area contributed by atoms with Crippen molar-refractivity contribution in [1.82, 2.24) is 19.8 Å². The molecule has 1 aromatic carbocycles. The van der Waals surface area contributed by atoms with Gasteiger partial charge in [0.05, 0.1) is 6.04 Å². The molecule has 2 aliphatic rings. The van der Waals surface area contributed by atoms with Crippen molar-refractivity contribution < 1.29 is 9.53 Å². The minimum absolute atomic E-state index is 0.0483. The van der Waals surface area contributed by atoms with E-state index in [0.717, 1.165) is 37.1 Å². The van der Waals surface area contributed by atoms with E-state index in [2.05, 4.69) is 39.1 Å². The Balaban J connectivity index is 1.27. The topological polar surface area (TPSA) is 58.6 Å². The molecule has 2 saturated heterocycles. The molecule has 142 valence electrons. The third-order valence-electron chi connectivity index (χ3n) is 5.70. The molecule has 2 fully saturated rings. The van der Waals surface area contributed by atoms with Crippen LogP contribution in [0.3, 0.4) is 0 Å². The molecule has 2 aromatic heterocycles. The minimum Gasteiger partial charge on any atom is -0.442 e. The van der Waals surface area contributed by atoms with Crippen molar-refractivity contribution in [3.8, 4) is 0 Å². The molecule has 0 saturated carbocycles. The van der Waals surface area contributed by atoms with E-state index >= 15 is 0 Å². The first-order valence-corrected chi connectivity index (χ1v) is 9.69. The maximum Gasteiger partial charge on any atom is 0.410 e. The third kappa shape index (κ3) is 3.20. The molecule has 0 spiro atoms. The van der Waals surface area contributed by atoms with E-state index in [1.165, 1.54) is 10.9 Å². The molecule has 6 heteroatoms. The fraction of sp³-hybridized carbons (Fsp3) is 0.318. The summed E-state index contributed by atoms with van der Waals surface area (Å²) in [5.41, 5.74) is 2.28. The van der Waals surface area contributed by atoms with Crippen LogP contribution in [-0.4, -0.2) is 57.6 Å². The zero-order chi connectivity index (χ0) is 18.9. The Kier molecular flexibility index (Phi) is 4.41. The zero-order valence-electron chi connectivity index (χ0n) is 15.6. The lowest BCUT2D eigenvalue weighted by atomic mass is 10.1. The third-order valence-corrected chi connectivity index (χ3v) is 5.70. The van der Waals surface area contributed by atoms with Crippen LogP contribution in [0.5, 0.6) is 0 Å². The van der Waals surface area contributed by atoms with Gasteiger partial charge in [-0.25, -0.2) is 4.79 Å². The molecule has 28 heavy (non-hydrogen) atoms. The lowest BCUT2D eigenvalue weighted by Crippen LogP contribution is -2.39. The van der Waals surface area contributed by atoms with Gasteiger partial charge in [0.1, 0.15) is 6.10 Å². The predicted octanol–water partition coefficient (Wildman–Crippen LogP) is 2.88. The van der Waals surface area contributed by atoms with Crippen molar-refractivity contribution in [2.45, 2.75) is 25.1 Å². The summed E-state index contributed by atoms with van der Waals surface area (Å²) in [4.78, 5) is 25.1. The Hall–Kier alpha value is -2.99. The molecular formula is C22H22N4O2. The predicted molar refractivity (Wildman–Crippen MR) is 106 cm³/mol. The summed E-state index contributed by atoms with van der Waals surface area (Å²) in [6.07, 6.45) is 6.03. The van der Waals surface area contributed by atoms with Crippen LogP contribution in [0.25, 0.3) is 10.8 Å². The van der Waals surface area contributed by atoms with Crippen LogP contribution in [0.2, 0.25) is 0 Å². The number of aromatic nitrogens is 2. The average molecular weight is 374 g/mol. The highest BCUT2D eigenvalue weighted by atomic mass is 16.6. The fourth-order valence-corrected chi connectivity index (χ4v) is 4.32. The summed E-state index contributed by atoms with van der Waals surface area (Å²) in [6.45, 7) is 3.10. The van der Waals surface area contributed by atoms with E-state index in [0.29, 0.717) is 6.54 Å². The Morgan fingerprint density at radius 2 is 2.04 bits per heavy atom.